The van der Waals surface area contributed by atoms with E-state index in [1.807, 2.05) is 30.3 Å². The third-order valence-electron chi connectivity index (χ3n) is 2.15. The summed E-state index contributed by atoms with van der Waals surface area (Å²) < 4.78 is 0. The van der Waals surface area contributed by atoms with Crippen LogP contribution in [0, 0.1) is 5.41 Å². The number of hydrogen-bond donors (Lipinski definition) is 2. The van der Waals surface area contributed by atoms with E-state index in [1.54, 1.807) is 12.1 Å². The van der Waals surface area contributed by atoms with Gasteiger partial charge >= 0.3 is 0 Å². The van der Waals surface area contributed by atoms with Gasteiger partial charge < -0.3 is 5.73 Å². The molecule has 17 heavy (non-hydrogen) atoms. The van der Waals surface area contributed by atoms with E-state index < -0.39 is 0 Å². The van der Waals surface area contributed by atoms with Crippen LogP contribution in [0.3, 0.4) is 0 Å². The van der Waals surface area contributed by atoms with E-state index >= 15 is 0 Å². The van der Waals surface area contributed by atoms with Crippen LogP contribution in [0.15, 0.2) is 42.5 Å². The van der Waals surface area contributed by atoms with E-state index in [9.17, 15) is 0 Å². The van der Waals surface area contributed by atoms with Gasteiger partial charge in [-0.15, -0.1) is 12.4 Å². The Morgan fingerprint density at radius 1 is 1.18 bits per heavy atom. The van der Waals surface area contributed by atoms with Crippen molar-refractivity contribution in [2.45, 2.75) is 0 Å². The Labute approximate surface area is 111 Å². The number of benzene rings is 1. The predicted octanol–water partition coefficient (Wildman–Crippen LogP) is 3.11. The van der Waals surface area contributed by atoms with E-state index in [2.05, 4.69) is 4.98 Å². The average Bonchev–Trinajstić information content (AvgIpc) is 2.29. The molecule has 0 amide bonds. The normalized spacial score (nSPS) is 9.47. The molecule has 3 N–H and O–H groups in total. The molecule has 5 heteroatoms. The number of pyridine rings is 1. The first-order valence-electron chi connectivity index (χ1n) is 4.74. The molecular weight excluding hydrogens is 257 g/mol. The van der Waals surface area contributed by atoms with Gasteiger partial charge in [0.1, 0.15) is 11.5 Å². The van der Waals surface area contributed by atoms with Crippen molar-refractivity contribution in [2.75, 3.05) is 0 Å². The minimum absolute atomic E-state index is 0. The lowest BCUT2D eigenvalue weighted by atomic mass is 10.1. The SMILES string of the molecule is Cl.N=C(N)c1cccc(-c2cccc(Cl)c2)n1. The van der Waals surface area contributed by atoms with Crippen molar-refractivity contribution in [1.29, 1.82) is 5.41 Å². The Morgan fingerprint density at radius 3 is 2.53 bits per heavy atom. The summed E-state index contributed by atoms with van der Waals surface area (Å²) >= 11 is 5.90. The predicted molar refractivity (Wildman–Crippen MR) is 72.9 cm³/mol. The van der Waals surface area contributed by atoms with E-state index in [1.165, 1.54) is 0 Å². The molecule has 0 aliphatic heterocycles. The topological polar surface area (TPSA) is 62.8 Å². The fourth-order valence-corrected chi connectivity index (χ4v) is 1.58. The van der Waals surface area contributed by atoms with Gasteiger partial charge in [-0.05, 0) is 24.3 Å². The summed E-state index contributed by atoms with van der Waals surface area (Å²) in [6, 6.07) is 12.8. The fraction of sp³-hybridized carbons (Fsp3) is 0. The Hall–Kier alpha value is -1.58. The van der Waals surface area contributed by atoms with Gasteiger partial charge in [0, 0.05) is 10.6 Å². The smallest absolute Gasteiger partial charge is 0.141 e. The molecule has 2 aromatic rings. The molecule has 0 fully saturated rings. The summed E-state index contributed by atoms with van der Waals surface area (Å²) in [5, 5.41) is 7.99. The lowest BCUT2D eigenvalue weighted by Crippen LogP contribution is -2.13. The number of nitrogens with one attached hydrogen (secondary N) is 1. The van der Waals surface area contributed by atoms with Gasteiger partial charge in [0.2, 0.25) is 0 Å². The lowest BCUT2D eigenvalue weighted by Gasteiger charge is -2.03. The van der Waals surface area contributed by atoms with Crippen LogP contribution in [-0.4, -0.2) is 10.8 Å². The highest BCUT2D eigenvalue weighted by atomic mass is 35.5. The van der Waals surface area contributed by atoms with Crippen LogP contribution in [0.2, 0.25) is 5.02 Å². The van der Waals surface area contributed by atoms with Crippen LogP contribution in [0.25, 0.3) is 11.3 Å². The molecular formula is C12H11Cl2N3. The van der Waals surface area contributed by atoms with Crippen molar-refractivity contribution in [3.05, 3.63) is 53.2 Å². The fourth-order valence-electron chi connectivity index (χ4n) is 1.39. The summed E-state index contributed by atoms with van der Waals surface area (Å²) in [6.45, 7) is 0. The van der Waals surface area contributed by atoms with Crippen LogP contribution < -0.4 is 5.73 Å². The molecule has 1 aromatic carbocycles. The summed E-state index contributed by atoms with van der Waals surface area (Å²) in [6.07, 6.45) is 0. The Bertz CT molecular complexity index is 541. The summed E-state index contributed by atoms with van der Waals surface area (Å²) in [5.41, 5.74) is 7.53. The van der Waals surface area contributed by atoms with E-state index in [0.717, 1.165) is 11.3 Å². The second-order valence-electron chi connectivity index (χ2n) is 3.33. The van der Waals surface area contributed by atoms with Gasteiger partial charge in [0.15, 0.2) is 0 Å². The molecule has 1 heterocycles. The van der Waals surface area contributed by atoms with E-state index in [4.69, 9.17) is 22.7 Å². The zero-order valence-corrected chi connectivity index (χ0v) is 10.4. The van der Waals surface area contributed by atoms with Crippen LogP contribution >= 0.6 is 24.0 Å². The Balaban J connectivity index is 0.00000144. The molecule has 0 aliphatic carbocycles. The highest BCUT2D eigenvalue weighted by Gasteiger charge is 2.03. The zero-order valence-electron chi connectivity index (χ0n) is 8.85. The van der Waals surface area contributed by atoms with Crippen LogP contribution in [-0.2, 0) is 0 Å². The molecule has 0 saturated heterocycles. The van der Waals surface area contributed by atoms with Gasteiger partial charge in [-0.3, -0.25) is 5.41 Å². The van der Waals surface area contributed by atoms with Gasteiger partial charge in [-0.25, -0.2) is 4.98 Å². The van der Waals surface area contributed by atoms with Crippen LogP contribution in [0.1, 0.15) is 5.69 Å². The molecule has 0 saturated carbocycles. The summed E-state index contributed by atoms with van der Waals surface area (Å²) in [4.78, 5) is 4.28. The van der Waals surface area contributed by atoms with Crippen molar-refractivity contribution in [1.82, 2.24) is 4.98 Å². The van der Waals surface area contributed by atoms with Gasteiger partial charge in [0.25, 0.3) is 0 Å². The molecule has 1 aromatic heterocycles. The lowest BCUT2D eigenvalue weighted by molar-refractivity contribution is 1.26. The van der Waals surface area contributed by atoms with Gasteiger partial charge in [-0.2, -0.15) is 0 Å². The van der Waals surface area contributed by atoms with Crippen molar-refractivity contribution in [3.8, 4) is 11.3 Å². The first kappa shape index (κ1) is 13.5. The molecule has 0 bridgehead atoms. The molecule has 0 radical (unpaired) electrons. The number of amidine groups is 1. The second kappa shape index (κ2) is 5.66. The maximum atomic E-state index is 7.33. The van der Waals surface area contributed by atoms with Crippen molar-refractivity contribution < 1.29 is 0 Å². The molecule has 3 nitrogen and oxygen atoms in total. The minimum atomic E-state index is -0.0381. The van der Waals surface area contributed by atoms with Crippen molar-refractivity contribution in [2.24, 2.45) is 5.73 Å². The van der Waals surface area contributed by atoms with Crippen LogP contribution in [0.4, 0.5) is 0 Å². The molecule has 0 unspecified atom stereocenters. The third-order valence-corrected chi connectivity index (χ3v) is 2.38. The zero-order chi connectivity index (χ0) is 11.5. The number of nitrogens with zero attached hydrogens (tertiary/aromatic N) is 1. The highest BCUT2D eigenvalue weighted by molar-refractivity contribution is 6.30. The van der Waals surface area contributed by atoms with E-state index in [-0.39, 0.29) is 18.2 Å². The molecule has 0 aliphatic rings. The molecule has 2 rings (SSSR count). The summed E-state index contributed by atoms with van der Waals surface area (Å²) in [7, 11) is 0. The molecule has 88 valence electrons. The average molecular weight is 268 g/mol. The standard InChI is InChI=1S/C12H10ClN3.ClH/c13-9-4-1-3-8(7-9)10-5-2-6-11(16-10)12(14)15;/h1-7H,(H3,14,15);1H. The first-order chi connectivity index (χ1) is 7.66. The maximum Gasteiger partial charge on any atom is 0.141 e. The van der Waals surface area contributed by atoms with E-state index in [0.29, 0.717) is 10.7 Å². The van der Waals surface area contributed by atoms with Crippen molar-refractivity contribution >= 4 is 29.8 Å². The minimum Gasteiger partial charge on any atom is -0.382 e. The molecule has 0 atom stereocenters. The maximum absolute atomic E-state index is 7.33. The number of nitrogen functional groups attached to an aromatic ring is 1. The quantitative estimate of drug-likeness (QED) is 0.649. The summed E-state index contributed by atoms with van der Waals surface area (Å²) in [5.74, 6) is -0.0381. The van der Waals surface area contributed by atoms with Gasteiger partial charge in [0.05, 0.1) is 5.69 Å². The second-order valence-corrected chi connectivity index (χ2v) is 3.77. The molecule has 0 spiro atoms. The Morgan fingerprint density at radius 2 is 1.88 bits per heavy atom. The number of halogens is 2. The van der Waals surface area contributed by atoms with Crippen molar-refractivity contribution in [3.63, 3.8) is 0 Å². The third kappa shape index (κ3) is 3.19. The number of rotatable bonds is 2. The number of aromatic nitrogens is 1. The first-order valence-corrected chi connectivity index (χ1v) is 5.12. The van der Waals surface area contributed by atoms with Gasteiger partial charge in [-0.1, -0.05) is 29.8 Å². The Kier molecular flexibility index (Phi) is 4.49. The monoisotopic (exact) mass is 267 g/mol. The number of hydrogen-bond acceptors (Lipinski definition) is 2. The highest BCUT2D eigenvalue weighted by Crippen LogP contribution is 2.20. The van der Waals surface area contributed by atoms with Crippen LogP contribution in [0.5, 0.6) is 0 Å². The largest absolute Gasteiger partial charge is 0.382 e. The number of nitrogens with two attached hydrogens (primary N) is 1.